The molecule has 4 nitrogen and oxygen atoms in total. The predicted molar refractivity (Wildman–Crippen MR) is 74.3 cm³/mol. The Hall–Kier alpha value is -1.97. The lowest BCUT2D eigenvalue weighted by molar-refractivity contribution is 0.177. The largest absolute Gasteiger partial charge is 0.447 e. The number of carbonyl (C=O) groups excluding carboxylic acids is 1. The van der Waals surface area contributed by atoms with Crippen LogP contribution in [0.25, 0.3) is 10.9 Å². The third kappa shape index (κ3) is 2.43. The minimum atomic E-state index is -0.306. The molecule has 1 atom stereocenters. The van der Waals surface area contributed by atoms with Crippen LogP contribution in [0.2, 0.25) is 0 Å². The molecule has 0 saturated carbocycles. The summed E-state index contributed by atoms with van der Waals surface area (Å²) in [5, 5.41) is 4.11. The van der Waals surface area contributed by atoms with Gasteiger partial charge in [0.15, 0.2) is 0 Å². The number of nitrogens with one attached hydrogen (secondary N) is 2. The second-order valence-corrected chi connectivity index (χ2v) is 5.09. The van der Waals surface area contributed by atoms with Crippen molar-refractivity contribution in [1.29, 1.82) is 0 Å². The molecule has 1 aromatic heterocycles. The van der Waals surface area contributed by atoms with E-state index in [1.165, 1.54) is 22.0 Å². The first-order valence-electron chi connectivity index (χ1n) is 6.78. The lowest BCUT2D eigenvalue weighted by Gasteiger charge is -2.07. The molecule has 1 aromatic carbocycles. The van der Waals surface area contributed by atoms with Crippen LogP contribution in [-0.4, -0.2) is 23.7 Å². The van der Waals surface area contributed by atoms with Gasteiger partial charge in [0.25, 0.3) is 0 Å². The maximum absolute atomic E-state index is 11.0. The fourth-order valence-electron chi connectivity index (χ4n) is 2.65. The van der Waals surface area contributed by atoms with Crippen molar-refractivity contribution in [3.05, 3.63) is 35.5 Å². The Bertz CT molecular complexity index is 603. The molecule has 19 heavy (non-hydrogen) atoms. The van der Waals surface area contributed by atoms with E-state index in [9.17, 15) is 4.79 Å². The highest BCUT2D eigenvalue weighted by atomic mass is 16.6. The Morgan fingerprint density at radius 3 is 3.05 bits per heavy atom. The first-order chi connectivity index (χ1) is 9.26. The normalized spacial score (nSPS) is 18.6. The van der Waals surface area contributed by atoms with Crippen LogP contribution in [0, 0.1) is 0 Å². The van der Waals surface area contributed by atoms with Gasteiger partial charge in [-0.05, 0) is 36.1 Å². The molecule has 1 aliphatic heterocycles. The average Bonchev–Trinajstić information content (AvgIpc) is 2.97. The zero-order chi connectivity index (χ0) is 13.2. The quantitative estimate of drug-likeness (QED) is 0.886. The number of carbonyl (C=O) groups is 1. The minimum absolute atomic E-state index is 0.0958. The van der Waals surface area contributed by atoms with E-state index >= 15 is 0 Å². The van der Waals surface area contributed by atoms with E-state index in [0.717, 1.165) is 19.3 Å². The number of aromatic amines is 1. The van der Waals surface area contributed by atoms with Crippen molar-refractivity contribution in [2.75, 3.05) is 6.61 Å². The van der Waals surface area contributed by atoms with Crippen LogP contribution >= 0.6 is 0 Å². The topological polar surface area (TPSA) is 54.1 Å². The van der Waals surface area contributed by atoms with E-state index in [0.29, 0.717) is 6.61 Å². The van der Waals surface area contributed by atoms with Crippen molar-refractivity contribution in [3.63, 3.8) is 0 Å². The molecule has 0 unspecified atom stereocenters. The van der Waals surface area contributed by atoms with Gasteiger partial charge in [-0.25, -0.2) is 4.79 Å². The Kier molecular flexibility index (Phi) is 3.15. The van der Waals surface area contributed by atoms with Crippen LogP contribution in [0.3, 0.4) is 0 Å². The Morgan fingerprint density at radius 1 is 1.42 bits per heavy atom. The molecule has 3 rings (SSSR count). The molecule has 1 aliphatic rings. The van der Waals surface area contributed by atoms with Gasteiger partial charge >= 0.3 is 6.09 Å². The van der Waals surface area contributed by atoms with Gasteiger partial charge in [0.2, 0.25) is 0 Å². The van der Waals surface area contributed by atoms with Crippen molar-refractivity contribution in [2.45, 2.75) is 32.2 Å². The second-order valence-electron chi connectivity index (χ2n) is 5.09. The number of H-pyrrole nitrogens is 1. The number of rotatable bonds is 4. The highest BCUT2D eigenvalue weighted by Gasteiger charge is 2.22. The van der Waals surface area contributed by atoms with Crippen LogP contribution in [-0.2, 0) is 17.6 Å². The molecule has 1 saturated heterocycles. The highest BCUT2D eigenvalue weighted by molar-refractivity contribution is 5.84. The van der Waals surface area contributed by atoms with Gasteiger partial charge < -0.3 is 15.0 Å². The van der Waals surface area contributed by atoms with E-state index in [-0.39, 0.29) is 12.1 Å². The Balaban J connectivity index is 1.83. The van der Waals surface area contributed by atoms with Gasteiger partial charge in [-0.3, -0.25) is 0 Å². The number of fused-ring (bicyclic) bond motifs is 1. The summed E-state index contributed by atoms with van der Waals surface area (Å²) in [6.45, 7) is 2.65. The summed E-state index contributed by atoms with van der Waals surface area (Å²) < 4.78 is 4.92. The third-order valence-corrected chi connectivity index (χ3v) is 3.57. The Labute approximate surface area is 112 Å². The number of benzene rings is 1. The van der Waals surface area contributed by atoms with Gasteiger partial charge in [-0.2, -0.15) is 0 Å². The molecule has 0 spiro atoms. The molecule has 1 fully saturated rings. The third-order valence-electron chi connectivity index (χ3n) is 3.57. The summed E-state index contributed by atoms with van der Waals surface area (Å²) in [7, 11) is 0. The lowest BCUT2D eigenvalue weighted by Crippen LogP contribution is -2.28. The van der Waals surface area contributed by atoms with E-state index in [4.69, 9.17) is 4.74 Å². The SMILES string of the molecule is CCCc1c[nH]c2ccc(C[C@H]3COC(=O)N3)cc12. The molecule has 4 heteroatoms. The summed E-state index contributed by atoms with van der Waals surface area (Å²) in [6, 6.07) is 6.54. The zero-order valence-electron chi connectivity index (χ0n) is 11.0. The molecular weight excluding hydrogens is 240 g/mol. The molecule has 1 amide bonds. The fourth-order valence-corrected chi connectivity index (χ4v) is 2.65. The van der Waals surface area contributed by atoms with Gasteiger partial charge in [-0.15, -0.1) is 0 Å². The summed E-state index contributed by atoms with van der Waals surface area (Å²) in [5.41, 5.74) is 3.78. The summed E-state index contributed by atoms with van der Waals surface area (Å²) in [6.07, 6.45) is 4.84. The van der Waals surface area contributed by atoms with E-state index < -0.39 is 0 Å². The number of cyclic esters (lactones) is 1. The van der Waals surface area contributed by atoms with Crippen LogP contribution < -0.4 is 5.32 Å². The van der Waals surface area contributed by atoms with Gasteiger partial charge in [0.1, 0.15) is 6.61 Å². The van der Waals surface area contributed by atoms with Crippen molar-refractivity contribution in [3.8, 4) is 0 Å². The predicted octanol–water partition coefficient (Wildman–Crippen LogP) is 2.77. The Morgan fingerprint density at radius 2 is 2.32 bits per heavy atom. The molecule has 2 heterocycles. The van der Waals surface area contributed by atoms with Crippen LogP contribution in [0.1, 0.15) is 24.5 Å². The van der Waals surface area contributed by atoms with Crippen molar-refractivity contribution in [2.24, 2.45) is 0 Å². The number of aryl methyl sites for hydroxylation is 1. The highest BCUT2D eigenvalue weighted by Crippen LogP contribution is 2.22. The van der Waals surface area contributed by atoms with Gasteiger partial charge in [-0.1, -0.05) is 19.4 Å². The molecule has 0 bridgehead atoms. The number of hydrogen-bond acceptors (Lipinski definition) is 2. The summed E-state index contributed by atoms with van der Waals surface area (Å²) >= 11 is 0. The van der Waals surface area contributed by atoms with E-state index in [1.54, 1.807) is 0 Å². The number of alkyl carbamates (subject to hydrolysis) is 1. The number of hydrogen-bond donors (Lipinski definition) is 2. The molecule has 2 N–H and O–H groups in total. The first kappa shape index (κ1) is 12.1. The van der Waals surface area contributed by atoms with E-state index in [1.807, 2.05) is 0 Å². The van der Waals surface area contributed by atoms with Crippen LogP contribution in [0.15, 0.2) is 24.4 Å². The lowest BCUT2D eigenvalue weighted by atomic mass is 10.0. The van der Waals surface area contributed by atoms with E-state index in [2.05, 4.69) is 41.6 Å². The molecule has 2 aromatic rings. The zero-order valence-corrected chi connectivity index (χ0v) is 11.0. The fraction of sp³-hybridized carbons (Fsp3) is 0.400. The summed E-state index contributed by atoms with van der Waals surface area (Å²) in [4.78, 5) is 14.3. The number of amides is 1. The standard InChI is InChI=1S/C15H18N2O2/c1-2-3-11-8-16-14-5-4-10(7-13(11)14)6-12-9-19-15(18)17-12/h4-5,7-8,12,16H,2-3,6,9H2,1H3,(H,17,18)/t12-/m0/s1. The molecule has 0 aliphatic carbocycles. The van der Waals surface area contributed by atoms with Crippen molar-refractivity contribution >= 4 is 17.0 Å². The maximum Gasteiger partial charge on any atom is 0.407 e. The summed E-state index contributed by atoms with van der Waals surface area (Å²) in [5.74, 6) is 0. The van der Waals surface area contributed by atoms with Crippen LogP contribution in [0.4, 0.5) is 4.79 Å². The molecule has 100 valence electrons. The second kappa shape index (κ2) is 4.96. The number of ether oxygens (including phenoxy) is 1. The van der Waals surface area contributed by atoms with Gasteiger partial charge in [0, 0.05) is 17.1 Å². The number of aromatic nitrogens is 1. The maximum atomic E-state index is 11.0. The monoisotopic (exact) mass is 258 g/mol. The van der Waals surface area contributed by atoms with Crippen LogP contribution in [0.5, 0.6) is 0 Å². The average molecular weight is 258 g/mol. The minimum Gasteiger partial charge on any atom is -0.447 e. The first-order valence-corrected chi connectivity index (χ1v) is 6.78. The van der Waals surface area contributed by atoms with Crippen molar-refractivity contribution in [1.82, 2.24) is 10.3 Å². The van der Waals surface area contributed by atoms with Crippen molar-refractivity contribution < 1.29 is 9.53 Å². The molecule has 0 radical (unpaired) electrons. The van der Waals surface area contributed by atoms with Gasteiger partial charge in [0.05, 0.1) is 6.04 Å². The molecular formula is C15H18N2O2. The smallest absolute Gasteiger partial charge is 0.407 e.